The van der Waals surface area contributed by atoms with Gasteiger partial charge in [-0.2, -0.15) is 42.1 Å². The topological polar surface area (TPSA) is 390 Å². The first kappa shape index (κ1) is 84.1. The van der Waals surface area contributed by atoms with Crippen LogP contribution in [-0.4, -0.2) is 226 Å². The summed E-state index contributed by atoms with van der Waals surface area (Å²) in [4.78, 5) is 11.9. The number of aliphatic hydroxyl groups is 3. The van der Waals surface area contributed by atoms with Crippen molar-refractivity contribution in [1.82, 2.24) is 5.32 Å². The molecule has 8 heterocycles. The highest BCUT2D eigenvalue weighted by Gasteiger charge is 2.53. The molecule has 0 spiro atoms. The van der Waals surface area contributed by atoms with Crippen LogP contribution in [0.3, 0.4) is 0 Å². The van der Waals surface area contributed by atoms with E-state index in [4.69, 9.17) is 63.5 Å². The average molecular weight is 1670 g/mol. The number of aliphatic hydroxyl groups excluding tert-OH is 3. The third kappa shape index (κ3) is 22.7. The van der Waals surface area contributed by atoms with E-state index >= 15 is 0 Å². The lowest BCUT2D eigenvalue weighted by Gasteiger charge is -2.20. The number of carbonyl (C=O) groups excluding carboxylic acids is 1. The van der Waals surface area contributed by atoms with Gasteiger partial charge in [0.1, 0.15) is 98.2 Å². The van der Waals surface area contributed by atoms with Gasteiger partial charge < -0.3 is 63.3 Å². The van der Waals surface area contributed by atoms with Gasteiger partial charge >= 0.3 is 6.09 Å². The zero-order valence-electron chi connectivity index (χ0n) is 59.2. The van der Waals surface area contributed by atoms with Gasteiger partial charge in [-0.25, -0.2) is 4.79 Å². The maximum atomic E-state index is 12.6. The van der Waals surface area contributed by atoms with Gasteiger partial charge in [-0.05, 0) is 101 Å². The normalized spacial score (nSPS) is 26.7. The third-order valence-corrected chi connectivity index (χ3v) is 25.2. The minimum atomic E-state index is -4.02. The smallest absolute Gasteiger partial charge is 0.407 e. The molecule has 29 nitrogen and oxygen atoms in total. The first-order valence-corrected chi connectivity index (χ1v) is 42.2. The highest BCUT2D eigenvalue weighted by atomic mass is 79.9. The summed E-state index contributed by atoms with van der Waals surface area (Å²) in [6, 6.07) is 41.3. The number of ether oxygens (including phenoxy) is 9. The molecule has 8 aliphatic rings. The van der Waals surface area contributed by atoms with Crippen LogP contribution < -0.4 is 5.32 Å². The quantitative estimate of drug-likeness (QED) is 0.0341. The molecule has 14 rings (SSSR count). The van der Waals surface area contributed by atoms with Gasteiger partial charge in [0.15, 0.2) is 0 Å². The standard InChI is InChI=1S/C20H22O8S2.C14H17NO4.C13H15BrO5S.C13H16O6S.C13H16O5S/c1-13-3-7-15(8-4-13)29(21,22)27-17-11-25-20-18(12-26-19(17)20)28-30(23,24)16-9-5-14(2)6-10-16;16-12(13-7-4-8-18-13)9-15-14(17)19-10-11-5-2-1-3-6-11;2*1-8-2-4-9(5-3-8)20(15,16)19-11-7-18-12-10(14)6-17-13(11)12;1-10-4-6-11(7-5-10)19(15,16)18-13(9-14)12-3-2-8-17-12/h3-10,17-20H,11-12H2,1-2H3;1-7,12-13,16H,8-10H2,(H,15,17);2-5,10-13H,6-7H2,1H3;2-5,10-14H,6-7H2,1H3;2-7,12-14H,8-9H2,1H3/t17-,18-,19-,20-;12-,13-;10-,11+,12+,13+;10-,11-,12-,13-;12-,13+/m10010/s1. The summed E-state index contributed by atoms with van der Waals surface area (Å²) >= 11 is 3.45. The summed E-state index contributed by atoms with van der Waals surface area (Å²) in [5.74, 6) is 0. The van der Waals surface area contributed by atoms with E-state index in [-0.39, 0.29) is 93.8 Å². The molecule has 588 valence electrons. The fourth-order valence-electron chi connectivity index (χ4n) is 11.8. The van der Waals surface area contributed by atoms with Gasteiger partial charge in [-0.15, -0.1) is 0 Å². The summed E-state index contributed by atoms with van der Waals surface area (Å²) in [6.45, 7) is 11.0. The molecule has 16 atom stereocenters. The SMILES string of the molecule is Cc1ccc(S(=O)(=O)O[C@@H]2CO[C@H]3[C@@H]2OC[C@@H]3Br)cc1.Cc1ccc(S(=O)(=O)O[C@@H]2CO[C@H]3[C@@H]2OC[C@H]3O)cc1.Cc1ccc(S(=O)(=O)O[C@@H]2CO[C@H]3[C@@H]2OC[C@H]3OS(=O)(=O)c2ccc(C)cc2)cc1.Cc1ccc(S(=O)(=O)O[C@H](CO)[C@@H]2C=CCO2)cc1.O=C(NC[C@H](O)[C@@H]1C=CCO1)OCc1ccccc1. The van der Waals surface area contributed by atoms with Crippen LogP contribution in [0.15, 0.2) is 200 Å². The molecule has 0 aromatic heterocycles. The molecule has 4 N–H and O–H groups in total. The Labute approximate surface area is 637 Å². The van der Waals surface area contributed by atoms with Gasteiger partial charge in [-0.3, -0.25) is 20.9 Å². The Morgan fingerprint density at radius 2 is 0.778 bits per heavy atom. The van der Waals surface area contributed by atoms with Crippen molar-refractivity contribution in [3.8, 4) is 0 Å². The molecule has 6 saturated heterocycles. The molecule has 0 saturated carbocycles. The lowest BCUT2D eigenvalue weighted by molar-refractivity contribution is 0.00185. The van der Waals surface area contributed by atoms with Crippen molar-refractivity contribution in [3.05, 3.63) is 209 Å². The second-order valence-electron chi connectivity index (χ2n) is 26.0. The number of nitrogens with one attached hydrogen (secondary N) is 1. The van der Waals surface area contributed by atoms with Gasteiger partial charge in [0, 0.05) is 6.54 Å². The lowest BCUT2D eigenvalue weighted by Crippen LogP contribution is -2.38. The van der Waals surface area contributed by atoms with Crippen LogP contribution in [-0.2, 0) is 121 Å². The number of hydrogen-bond acceptors (Lipinski definition) is 28. The van der Waals surface area contributed by atoms with Gasteiger partial charge in [-0.1, -0.05) is 159 Å². The summed E-state index contributed by atoms with van der Waals surface area (Å²) in [5, 5.41) is 31.1. The van der Waals surface area contributed by atoms with E-state index in [9.17, 15) is 62.2 Å². The Kier molecular flexibility index (Phi) is 29.4. The molecule has 108 heavy (non-hydrogen) atoms. The second-order valence-corrected chi connectivity index (χ2v) is 35.1. The Hall–Kier alpha value is -6.34. The third-order valence-electron chi connectivity index (χ3n) is 17.7. The molecule has 35 heteroatoms. The number of alkyl carbamates (subject to hydrolysis) is 1. The lowest BCUT2D eigenvalue weighted by atomic mass is 10.1. The van der Waals surface area contributed by atoms with Crippen LogP contribution in [0.1, 0.15) is 33.4 Å². The number of fused-ring (bicyclic) bond motifs is 3. The summed E-state index contributed by atoms with van der Waals surface area (Å²) in [5.41, 5.74) is 5.68. The number of carbonyl (C=O) groups is 1. The van der Waals surface area contributed by atoms with Crippen molar-refractivity contribution >= 4 is 72.6 Å². The Bertz CT molecular complexity index is 4390. The van der Waals surface area contributed by atoms with E-state index in [0.29, 0.717) is 19.8 Å². The maximum Gasteiger partial charge on any atom is 0.407 e. The number of hydrogen-bond donors (Lipinski definition) is 4. The van der Waals surface area contributed by atoms with Crippen LogP contribution in [0.4, 0.5) is 4.79 Å². The molecule has 1 amide bonds. The van der Waals surface area contributed by atoms with E-state index in [1.807, 2.05) is 71.0 Å². The van der Waals surface area contributed by atoms with Crippen molar-refractivity contribution in [1.29, 1.82) is 0 Å². The zero-order chi connectivity index (χ0) is 77.6. The highest BCUT2D eigenvalue weighted by Crippen LogP contribution is 2.37. The molecule has 0 aliphatic carbocycles. The Morgan fingerprint density at radius 1 is 0.444 bits per heavy atom. The van der Waals surface area contributed by atoms with Crippen LogP contribution in [0.2, 0.25) is 0 Å². The van der Waals surface area contributed by atoms with Gasteiger partial charge in [0.05, 0.1) is 88.8 Å². The minimum absolute atomic E-state index is 0.0318. The first-order chi connectivity index (χ1) is 51.4. The largest absolute Gasteiger partial charge is 0.445 e. The molecule has 0 bridgehead atoms. The number of aryl methyl sites for hydroxylation is 5. The first-order valence-electron chi connectivity index (χ1n) is 34.2. The molecular weight excluding hydrogens is 1580 g/mol. The van der Waals surface area contributed by atoms with Crippen molar-refractivity contribution in [2.75, 3.05) is 66.0 Å². The Morgan fingerprint density at radius 3 is 1.16 bits per heavy atom. The van der Waals surface area contributed by atoms with Crippen molar-refractivity contribution in [2.45, 2.75) is 162 Å². The van der Waals surface area contributed by atoms with E-state index in [1.165, 1.54) is 48.5 Å². The van der Waals surface area contributed by atoms with E-state index < -0.39 is 137 Å². The predicted octanol–water partition coefficient (Wildman–Crippen LogP) is 6.05. The monoisotopic (exact) mass is 1660 g/mol. The molecule has 6 aromatic carbocycles. The van der Waals surface area contributed by atoms with E-state index in [1.54, 1.807) is 91.0 Å². The molecular formula is C73H86BrNO28S5. The molecule has 6 aromatic rings. The zero-order valence-corrected chi connectivity index (χ0v) is 64.9. The van der Waals surface area contributed by atoms with Crippen molar-refractivity contribution < 1.29 is 126 Å². The Balaban J connectivity index is 0.000000146. The number of benzene rings is 6. The molecule has 8 aliphatic heterocycles. The fraction of sp³-hybridized carbons (Fsp3) is 0.438. The highest BCUT2D eigenvalue weighted by molar-refractivity contribution is 9.09. The number of rotatable bonds is 22. The molecule has 6 fully saturated rings. The van der Waals surface area contributed by atoms with Crippen molar-refractivity contribution in [2.24, 2.45) is 0 Å². The van der Waals surface area contributed by atoms with Crippen LogP contribution >= 0.6 is 15.9 Å². The summed E-state index contributed by atoms with van der Waals surface area (Å²) in [6.07, 6.45) is -2.90. The molecule has 0 unspecified atom stereocenters. The number of amides is 1. The average Bonchev–Trinajstić information content (AvgIpc) is 1.63. The predicted molar refractivity (Wildman–Crippen MR) is 389 cm³/mol. The fourth-order valence-corrected chi connectivity index (χ4v) is 17.8. The summed E-state index contributed by atoms with van der Waals surface area (Å²) in [7, 11) is -19.6. The van der Waals surface area contributed by atoms with Crippen LogP contribution in [0.5, 0.6) is 0 Å². The number of halogens is 1. The van der Waals surface area contributed by atoms with Crippen molar-refractivity contribution in [3.63, 3.8) is 0 Å². The number of alkyl halides is 1. The van der Waals surface area contributed by atoms with Gasteiger partial charge in [0.2, 0.25) is 0 Å². The van der Waals surface area contributed by atoms with Crippen LogP contribution in [0.25, 0.3) is 0 Å². The second kappa shape index (κ2) is 37.8. The summed E-state index contributed by atoms with van der Waals surface area (Å²) < 4.78 is 198. The van der Waals surface area contributed by atoms with E-state index in [0.717, 1.165) is 33.4 Å². The van der Waals surface area contributed by atoms with E-state index in [2.05, 4.69) is 21.2 Å². The maximum absolute atomic E-state index is 12.6. The van der Waals surface area contributed by atoms with Gasteiger partial charge in [0.25, 0.3) is 50.6 Å². The molecule has 0 radical (unpaired) electrons. The van der Waals surface area contributed by atoms with Crippen LogP contribution in [0, 0.1) is 34.6 Å². The minimum Gasteiger partial charge on any atom is -0.445 e.